The number of carbonyl (C=O) groups is 2. The maximum absolute atomic E-state index is 12.1. The lowest BCUT2D eigenvalue weighted by molar-refractivity contribution is -0.129. The number of nitrogens with one attached hydrogen (secondary N) is 1. The lowest BCUT2D eigenvalue weighted by atomic mass is 10.1. The SMILES string of the molecule is O=C(NCCCc1ccc(Cl)cc1)[C@@H]1CC(=O)N(C2CC2)C1. The van der Waals surface area contributed by atoms with Crippen molar-refractivity contribution in [3.8, 4) is 0 Å². The summed E-state index contributed by atoms with van der Waals surface area (Å²) in [4.78, 5) is 25.9. The van der Waals surface area contributed by atoms with Gasteiger partial charge in [-0.1, -0.05) is 23.7 Å². The van der Waals surface area contributed by atoms with E-state index in [1.165, 1.54) is 5.56 Å². The summed E-state index contributed by atoms with van der Waals surface area (Å²) in [5, 5.41) is 3.70. The van der Waals surface area contributed by atoms with Crippen LogP contribution in [0.4, 0.5) is 0 Å². The number of hydrogen-bond acceptors (Lipinski definition) is 2. The molecule has 1 heterocycles. The fourth-order valence-electron chi connectivity index (χ4n) is 2.95. The summed E-state index contributed by atoms with van der Waals surface area (Å²) in [7, 11) is 0. The van der Waals surface area contributed by atoms with Crippen molar-refractivity contribution in [2.75, 3.05) is 13.1 Å². The second-order valence-corrected chi connectivity index (χ2v) is 6.64. The van der Waals surface area contributed by atoms with E-state index in [4.69, 9.17) is 11.6 Å². The minimum atomic E-state index is -0.163. The normalized spacial score (nSPS) is 21.2. The molecule has 2 fully saturated rings. The molecule has 0 spiro atoms. The van der Waals surface area contributed by atoms with Gasteiger partial charge in [-0.2, -0.15) is 0 Å². The van der Waals surface area contributed by atoms with Crippen LogP contribution in [0.3, 0.4) is 0 Å². The quantitative estimate of drug-likeness (QED) is 0.818. The van der Waals surface area contributed by atoms with Gasteiger partial charge in [-0.15, -0.1) is 0 Å². The molecule has 0 unspecified atom stereocenters. The predicted octanol–water partition coefficient (Wildman–Crippen LogP) is 2.40. The van der Waals surface area contributed by atoms with E-state index in [0.29, 0.717) is 25.6 Å². The summed E-state index contributed by atoms with van der Waals surface area (Å²) >= 11 is 5.85. The molecular weight excluding hydrogens is 300 g/mol. The summed E-state index contributed by atoms with van der Waals surface area (Å²) in [5.74, 6) is 0.0000484. The lowest BCUT2D eigenvalue weighted by Gasteiger charge is -2.15. The van der Waals surface area contributed by atoms with Gasteiger partial charge in [0, 0.05) is 30.6 Å². The van der Waals surface area contributed by atoms with Gasteiger partial charge in [-0.05, 0) is 43.4 Å². The summed E-state index contributed by atoms with van der Waals surface area (Å²) in [6.07, 6.45) is 4.37. The van der Waals surface area contributed by atoms with E-state index >= 15 is 0 Å². The first kappa shape index (κ1) is 15.3. The Morgan fingerprint density at radius 2 is 2.00 bits per heavy atom. The Bertz CT molecular complexity index is 554. The Hall–Kier alpha value is -1.55. The van der Waals surface area contributed by atoms with Crippen LogP contribution in [0, 0.1) is 5.92 Å². The molecule has 1 saturated heterocycles. The molecule has 1 N–H and O–H groups in total. The molecule has 1 saturated carbocycles. The standard InChI is InChI=1S/C17H21ClN2O2/c18-14-5-3-12(4-6-14)2-1-9-19-17(22)13-10-16(21)20(11-13)15-7-8-15/h3-6,13,15H,1-2,7-11H2,(H,19,22)/t13-/m1/s1. The van der Waals surface area contributed by atoms with Crippen molar-refractivity contribution in [3.05, 3.63) is 34.9 Å². The zero-order chi connectivity index (χ0) is 15.5. The number of benzene rings is 1. The number of nitrogens with zero attached hydrogens (tertiary/aromatic N) is 1. The Kier molecular flexibility index (Phi) is 4.67. The van der Waals surface area contributed by atoms with Crippen molar-refractivity contribution in [2.45, 2.75) is 38.1 Å². The van der Waals surface area contributed by atoms with E-state index in [0.717, 1.165) is 30.7 Å². The van der Waals surface area contributed by atoms with Crippen molar-refractivity contribution < 1.29 is 9.59 Å². The first-order valence-corrected chi connectivity index (χ1v) is 8.33. The molecule has 0 aromatic heterocycles. The molecule has 1 atom stereocenters. The fourth-order valence-corrected chi connectivity index (χ4v) is 3.07. The molecular formula is C17H21ClN2O2. The number of aryl methyl sites for hydroxylation is 1. The second kappa shape index (κ2) is 6.69. The third-order valence-electron chi connectivity index (χ3n) is 4.37. The highest BCUT2D eigenvalue weighted by Gasteiger charge is 2.41. The molecule has 118 valence electrons. The van der Waals surface area contributed by atoms with E-state index in [1.54, 1.807) is 0 Å². The van der Waals surface area contributed by atoms with Gasteiger partial charge in [0.15, 0.2) is 0 Å². The molecule has 2 aliphatic rings. The smallest absolute Gasteiger partial charge is 0.225 e. The van der Waals surface area contributed by atoms with Crippen LogP contribution >= 0.6 is 11.6 Å². The molecule has 4 nitrogen and oxygen atoms in total. The molecule has 2 amide bonds. The molecule has 1 aromatic carbocycles. The zero-order valence-corrected chi connectivity index (χ0v) is 13.3. The van der Waals surface area contributed by atoms with Crippen LogP contribution < -0.4 is 5.32 Å². The third-order valence-corrected chi connectivity index (χ3v) is 4.62. The molecule has 1 aliphatic carbocycles. The molecule has 1 aromatic rings. The number of halogens is 1. The number of rotatable bonds is 6. The van der Waals surface area contributed by atoms with Crippen molar-refractivity contribution >= 4 is 23.4 Å². The van der Waals surface area contributed by atoms with Crippen molar-refractivity contribution in [2.24, 2.45) is 5.92 Å². The van der Waals surface area contributed by atoms with Crippen LogP contribution in [-0.4, -0.2) is 35.8 Å². The van der Waals surface area contributed by atoms with Gasteiger partial charge in [0.2, 0.25) is 11.8 Å². The Labute approximate surface area is 135 Å². The molecule has 3 rings (SSSR count). The van der Waals surface area contributed by atoms with Crippen molar-refractivity contribution in [3.63, 3.8) is 0 Å². The van der Waals surface area contributed by atoms with E-state index in [9.17, 15) is 9.59 Å². The van der Waals surface area contributed by atoms with Gasteiger partial charge in [0.05, 0.1) is 5.92 Å². The largest absolute Gasteiger partial charge is 0.356 e. The van der Waals surface area contributed by atoms with Crippen molar-refractivity contribution in [1.29, 1.82) is 0 Å². The minimum absolute atomic E-state index is 0.0209. The fraction of sp³-hybridized carbons (Fsp3) is 0.529. The number of amides is 2. The van der Waals surface area contributed by atoms with Gasteiger partial charge >= 0.3 is 0 Å². The molecule has 0 radical (unpaired) electrons. The molecule has 5 heteroatoms. The van der Waals surface area contributed by atoms with Crippen LogP contribution in [0.1, 0.15) is 31.2 Å². The predicted molar refractivity (Wildman–Crippen MR) is 85.6 cm³/mol. The highest BCUT2D eigenvalue weighted by Crippen LogP contribution is 2.32. The molecule has 1 aliphatic heterocycles. The van der Waals surface area contributed by atoms with Crippen LogP contribution in [0.15, 0.2) is 24.3 Å². The zero-order valence-electron chi connectivity index (χ0n) is 12.6. The summed E-state index contributed by atoms with van der Waals surface area (Å²) in [6, 6.07) is 8.19. The third kappa shape index (κ3) is 3.80. The monoisotopic (exact) mass is 320 g/mol. The lowest BCUT2D eigenvalue weighted by Crippen LogP contribution is -2.34. The summed E-state index contributed by atoms with van der Waals surface area (Å²) in [5.41, 5.74) is 1.22. The number of hydrogen-bond donors (Lipinski definition) is 1. The highest BCUT2D eigenvalue weighted by molar-refractivity contribution is 6.30. The minimum Gasteiger partial charge on any atom is -0.356 e. The molecule has 22 heavy (non-hydrogen) atoms. The van der Waals surface area contributed by atoms with Crippen LogP contribution in [0.5, 0.6) is 0 Å². The van der Waals surface area contributed by atoms with Crippen molar-refractivity contribution in [1.82, 2.24) is 10.2 Å². The van der Waals surface area contributed by atoms with E-state index in [2.05, 4.69) is 5.32 Å². The Morgan fingerprint density at radius 1 is 1.27 bits per heavy atom. The number of carbonyl (C=O) groups excluding carboxylic acids is 2. The highest BCUT2D eigenvalue weighted by atomic mass is 35.5. The topological polar surface area (TPSA) is 49.4 Å². The Morgan fingerprint density at radius 3 is 2.68 bits per heavy atom. The maximum Gasteiger partial charge on any atom is 0.225 e. The maximum atomic E-state index is 12.1. The van der Waals surface area contributed by atoms with Crippen LogP contribution in [0.2, 0.25) is 5.02 Å². The van der Waals surface area contributed by atoms with Gasteiger partial charge in [-0.25, -0.2) is 0 Å². The van der Waals surface area contributed by atoms with Gasteiger partial charge in [0.1, 0.15) is 0 Å². The van der Waals surface area contributed by atoms with Gasteiger partial charge < -0.3 is 10.2 Å². The van der Waals surface area contributed by atoms with Gasteiger partial charge in [0.25, 0.3) is 0 Å². The van der Waals surface area contributed by atoms with E-state index in [1.807, 2.05) is 29.2 Å². The Balaban J connectivity index is 1.37. The van der Waals surface area contributed by atoms with E-state index < -0.39 is 0 Å². The van der Waals surface area contributed by atoms with Crippen LogP contribution in [0.25, 0.3) is 0 Å². The average molecular weight is 321 g/mol. The average Bonchev–Trinajstić information content (AvgIpc) is 3.28. The van der Waals surface area contributed by atoms with Crippen LogP contribution in [-0.2, 0) is 16.0 Å². The van der Waals surface area contributed by atoms with Gasteiger partial charge in [-0.3, -0.25) is 9.59 Å². The summed E-state index contributed by atoms with van der Waals surface area (Å²) in [6.45, 7) is 1.25. The number of likely N-dealkylation sites (tertiary alicyclic amines) is 1. The first-order valence-electron chi connectivity index (χ1n) is 7.95. The van der Waals surface area contributed by atoms with E-state index in [-0.39, 0.29) is 17.7 Å². The second-order valence-electron chi connectivity index (χ2n) is 6.20. The summed E-state index contributed by atoms with van der Waals surface area (Å²) < 4.78 is 0. The molecule has 0 bridgehead atoms. The first-order chi connectivity index (χ1) is 10.6.